The first-order valence-electron chi connectivity index (χ1n) is 34.6. The predicted molar refractivity (Wildman–Crippen MR) is 332 cm³/mol. The number of carbonyl (C=O) groups is 1. The van der Waals surface area contributed by atoms with Crippen molar-refractivity contribution in [1.82, 2.24) is 5.32 Å². The molecular formula is C69H133NO8. The van der Waals surface area contributed by atoms with E-state index in [2.05, 4.69) is 31.3 Å². The molecule has 78 heavy (non-hydrogen) atoms. The Balaban J connectivity index is 2.15. The number of aliphatic hydroxyl groups is 5. The van der Waals surface area contributed by atoms with Crippen LogP contribution in [0, 0.1) is 0 Å². The number of carbonyl (C=O) groups excluding carboxylic acids is 1. The second-order valence-electron chi connectivity index (χ2n) is 24.3. The van der Waals surface area contributed by atoms with Crippen molar-refractivity contribution in [3.63, 3.8) is 0 Å². The Bertz CT molecular complexity index is 1280. The smallest absolute Gasteiger partial charge is 0.220 e. The van der Waals surface area contributed by atoms with Gasteiger partial charge in [0.15, 0.2) is 6.29 Å². The van der Waals surface area contributed by atoms with E-state index in [0.29, 0.717) is 6.42 Å². The molecule has 0 radical (unpaired) electrons. The summed E-state index contributed by atoms with van der Waals surface area (Å²) in [6, 6.07) is -0.820. The highest BCUT2D eigenvalue weighted by molar-refractivity contribution is 5.76. The summed E-state index contributed by atoms with van der Waals surface area (Å²) in [6.07, 6.45) is 70.0. The van der Waals surface area contributed by atoms with Crippen LogP contribution in [0.2, 0.25) is 0 Å². The molecule has 0 aromatic heterocycles. The van der Waals surface area contributed by atoms with Gasteiger partial charge in [0.25, 0.3) is 0 Å². The number of hydrogen-bond donors (Lipinski definition) is 6. The number of hydrogen-bond acceptors (Lipinski definition) is 8. The Labute approximate surface area is 483 Å². The van der Waals surface area contributed by atoms with Gasteiger partial charge in [-0.2, -0.15) is 0 Å². The van der Waals surface area contributed by atoms with E-state index in [9.17, 15) is 30.3 Å². The highest BCUT2D eigenvalue weighted by Crippen LogP contribution is 2.23. The van der Waals surface area contributed by atoms with Crippen LogP contribution in [0.15, 0.2) is 24.3 Å². The first-order chi connectivity index (χ1) is 38.3. The van der Waals surface area contributed by atoms with Gasteiger partial charge in [-0.15, -0.1) is 0 Å². The van der Waals surface area contributed by atoms with Crippen molar-refractivity contribution in [2.45, 2.75) is 397 Å². The van der Waals surface area contributed by atoms with Gasteiger partial charge in [0.2, 0.25) is 5.91 Å². The summed E-state index contributed by atoms with van der Waals surface area (Å²) in [7, 11) is 0. The molecule has 1 aliphatic rings. The zero-order valence-corrected chi connectivity index (χ0v) is 51.7. The number of amides is 1. The molecule has 9 nitrogen and oxygen atoms in total. The average Bonchev–Trinajstić information content (AvgIpc) is 3.45. The summed E-state index contributed by atoms with van der Waals surface area (Å²) in [5, 5.41) is 54.7. The second kappa shape index (κ2) is 58.9. The highest BCUT2D eigenvalue weighted by Gasteiger charge is 2.44. The summed E-state index contributed by atoms with van der Waals surface area (Å²) >= 11 is 0. The van der Waals surface area contributed by atoms with Gasteiger partial charge in [0.1, 0.15) is 24.4 Å². The van der Waals surface area contributed by atoms with Crippen molar-refractivity contribution < 1.29 is 39.8 Å². The van der Waals surface area contributed by atoms with Crippen molar-refractivity contribution >= 4 is 5.91 Å². The maximum absolute atomic E-state index is 13.1. The third-order valence-electron chi connectivity index (χ3n) is 16.8. The number of ether oxygens (including phenoxy) is 2. The summed E-state index contributed by atoms with van der Waals surface area (Å²) in [5.74, 6) is -0.178. The third kappa shape index (κ3) is 47.2. The van der Waals surface area contributed by atoms with E-state index in [1.165, 1.54) is 295 Å². The summed E-state index contributed by atoms with van der Waals surface area (Å²) in [6.45, 7) is 3.82. The van der Waals surface area contributed by atoms with E-state index in [1.54, 1.807) is 6.08 Å². The van der Waals surface area contributed by atoms with Gasteiger partial charge in [-0.1, -0.05) is 340 Å². The van der Waals surface area contributed by atoms with Crippen LogP contribution in [0.4, 0.5) is 0 Å². The van der Waals surface area contributed by atoms with Crippen molar-refractivity contribution in [3.8, 4) is 0 Å². The molecule has 9 heteroatoms. The molecule has 0 aromatic rings. The van der Waals surface area contributed by atoms with Crippen molar-refractivity contribution in [3.05, 3.63) is 24.3 Å². The van der Waals surface area contributed by atoms with Crippen LogP contribution in [-0.2, 0) is 14.3 Å². The fourth-order valence-electron chi connectivity index (χ4n) is 11.4. The lowest BCUT2D eigenvalue weighted by Gasteiger charge is -2.40. The summed E-state index contributed by atoms with van der Waals surface area (Å²) < 4.78 is 11.3. The number of allylic oxidation sites excluding steroid dienone is 3. The molecule has 0 aromatic carbocycles. The van der Waals surface area contributed by atoms with Crippen molar-refractivity contribution in [2.75, 3.05) is 13.2 Å². The molecule has 1 rings (SSSR count). The van der Waals surface area contributed by atoms with Gasteiger partial charge in [0.05, 0.1) is 25.4 Å². The number of rotatable bonds is 61. The van der Waals surface area contributed by atoms with Crippen LogP contribution in [0.5, 0.6) is 0 Å². The van der Waals surface area contributed by atoms with Crippen molar-refractivity contribution in [1.29, 1.82) is 0 Å². The van der Waals surface area contributed by atoms with Crippen LogP contribution in [-0.4, -0.2) is 87.5 Å². The van der Waals surface area contributed by atoms with Gasteiger partial charge in [-0.25, -0.2) is 0 Å². The molecule has 0 aliphatic carbocycles. The zero-order valence-electron chi connectivity index (χ0n) is 51.7. The Kier molecular flexibility index (Phi) is 56.3. The van der Waals surface area contributed by atoms with Crippen LogP contribution in [0.3, 0.4) is 0 Å². The zero-order chi connectivity index (χ0) is 56.5. The second-order valence-corrected chi connectivity index (χ2v) is 24.3. The molecule has 6 N–H and O–H groups in total. The van der Waals surface area contributed by atoms with Gasteiger partial charge in [-0.3, -0.25) is 4.79 Å². The molecule has 1 aliphatic heterocycles. The van der Waals surface area contributed by atoms with Crippen LogP contribution in [0.25, 0.3) is 0 Å². The Morgan fingerprint density at radius 2 is 0.731 bits per heavy atom. The number of unbranched alkanes of at least 4 members (excludes halogenated alkanes) is 49. The first-order valence-corrected chi connectivity index (χ1v) is 34.6. The SMILES string of the molecule is CCCCCCCCCCCCCCCCCCCCCCCCCC/C=C/CC/C=C/C(O)C(COC1OC(CO)C(O)C(O)C1O)NC(=O)CCCCCCCCCCCCCCCCCCCCCCCCCCC. The van der Waals surface area contributed by atoms with Gasteiger partial charge in [0, 0.05) is 6.42 Å². The Morgan fingerprint density at radius 1 is 0.423 bits per heavy atom. The topological polar surface area (TPSA) is 149 Å². The average molecular weight is 1100 g/mol. The first kappa shape index (κ1) is 74.7. The maximum Gasteiger partial charge on any atom is 0.220 e. The monoisotopic (exact) mass is 1100 g/mol. The molecule has 1 amide bonds. The van der Waals surface area contributed by atoms with E-state index >= 15 is 0 Å². The fourth-order valence-corrected chi connectivity index (χ4v) is 11.4. The number of nitrogens with one attached hydrogen (secondary N) is 1. The minimum absolute atomic E-state index is 0.178. The lowest BCUT2D eigenvalue weighted by molar-refractivity contribution is -0.302. The normalized spacial score (nSPS) is 18.7. The fraction of sp³-hybridized carbons (Fsp3) is 0.928. The van der Waals surface area contributed by atoms with E-state index in [0.717, 1.165) is 38.5 Å². The molecule has 1 fully saturated rings. The standard InChI is InChI=1S/C69H133NO8/c1-3-5-7-9-11-13-15-17-19-21-23-25-27-29-30-31-32-33-35-36-38-40-42-44-46-48-50-52-54-56-58-63(72)62(61-77-69-68(76)67(75)66(74)64(60-71)78-69)70-65(73)59-57-55-53-51-49-47-45-43-41-39-37-34-28-26-24-22-20-18-16-14-12-10-8-6-4-2/h48,50,56,58,62-64,66-69,71-72,74-76H,3-47,49,51-55,57,59-61H2,1-2H3,(H,70,73)/b50-48+,58-56+. The summed E-state index contributed by atoms with van der Waals surface area (Å²) in [4.78, 5) is 13.1. The quantitative estimate of drug-likeness (QED) is 0.0261. The van der Waals surface area contributed by atoms with Crippen LogP contribution in [0.1, 0.15) is 354 Å². The van der Waals surface area contributed by atoms with Gasteiger partial charge < -0.3 is 40.3 Å². The van der Waals surface area contributed by atoms with Crippen LogP contribution < -0.4 is 5.32 Å². The lowest BCUT2D eigenvalue weighted by Crippen LogP contribution is -2.60. The lowest BCUT2D eigenvalue weighted by atomic mass is 9.99. The highest BCUT2D eigenvalue weighted by atomic mass is 16.7. The van der Waals surface area contributed by atoms with E-state index in [4.69, 9.17) is 9.47 Å². The molecule has 1 heterocycles. The minimum Gasteiger partial charge on any atom is -0.394 e. The summed E-state index contributed by atoms with van der Waals surface area (Å²) in [5.41, 5.74) is 0. The Hall–Kier alpha value is -1.33. The van der Waals surface area contributed by atoms with Gasteiger partial charge >= 0.3 is 0 Å². The van der Waals surface area contributed by atoms with Crippen molar-refractivity contribution in [2.24, 2.45) is 0 Å². The largest absolute Gasteiger partial charge is 0.394 e. The maximum atomic E-state index is 13.1. The molecule has 462 valence electrons. The van der Waals surface area contributed by atoms with E-state index in [1.807, 2.05) is 6.08 Å². The third-order valence-corrected chi connectivity index (χ3v) is 16.8. The molecule has 0 saturated carbocycles. The Morgan fingerprint density at radius 3 is 1.08 bits per heavy atom. The predicted octanol–water partition coefficient (Wildman–Crippen LogP) is 18.5. The molecule has 7 atom stereocenters. The van der Waals surface area contributed by atoms with E-state index < -0.39 is 49.5 Å². The molecule has 0 bridgehead atoms. The van der Waals surface area contributed by atoms with Crippen LogP contribution >= 0.6 is 0 Å². The number of aliphatic hydroxyl groups excluding tert-OH is 5. The van der Waals surface area contributed by atoms with Gasteiger partial charge in [-0.05, 0) is 32.1 Å². The van der Waals surface area contributed by atoms with E-state index in [-0.39, 0.29) is 12.5 Å². The molecule has 0 spiro atoms. The molecular weight excluding hydrogens is 971 g/mol. The minimum atomic E-state index is -1.57. The molecule has 7 unspecified atom stereocenters. The molecule has 1 saturated heterocycles.